The van der Waals surface area contributed by atoms with E-state index in [2.05, 4.69) is 21.3 Å². The minimum atomic E-state index is 0.419. The molecule has 1 atom stereocenters. The first kappa shape index (κ1) is 14.9. The third kappa shape index (κ3) is 3.33. The van der Waals surface area contributed by atoms with Crippen molar-refractivity contribution in [2.24, 2.45) is 20.0 Å². The zero-order valence-corrected chi connectivity index (χ0v) is 14.0. The maximum atomic E-state index is 5.99. The molecule has 1 fully saturated rings. The standard InChI is InChI=1S/C17H25N5O/c1-20-7-14(5-18-20)8-22-9-15(12-23-11-13-3-4-13)16-6-19-21(2)17(16)10-22/h5-7,13,15H,3-4,8-12H2,1-2H3/t15-/m1/s1. The molecule has 2 aromatic rings. The second kappa shape index (κ2) is 6.09. The topological polar surface area (TPSA) is 48.1 Å². The lowest BCUT2D eigenvalue weighted by molar-refractivity contribution is 0.0885. The Morgan fingerprint density at radius 2 is 2.04 bits per heavy atom. The SMILES string of the molecule is Cn1cc(CN2Cc3c(cnn3C)[C@@H](COCC3CC3)C2)cn1. The van der Waals surface area contributed by atoms with E-state index in [4.69, 9.17) is 4.74 Å². The molecule has 1 aliphatic heterocycles. The molecule has 0 spiro atoms. The van der Waals surface area contributed by atoms with Gasteiger partial charge in [-0.25, -0.2) is 0 Å². The van der Waals surface area contributed by atoms with Gasteiger partial charge in [-0.1, -0.05) is 0 Å². The number of rotatable bonds is 6. The molecule has 0 unspecified atom stereocenters. The number of hydrogen-bond acceptors (Lipinski definition) is 4. The number of ether oxygens (including phenoxy) is 1. The predicted molar refractivity (Wildman–Crippen MR) is 86.8 cm³/mol. The molecule has 2 aliphatic rings. The second-order valence-electron chi connectivity index (χ2n) is 7.04. The molecule has 1 saturated carbocycles. The summed E-state index contributed by atoms with van der Waals surface area (Å²) in [6.45, 7) is 4.63. The van der Waals surface area contributed by atoms with E-state index in [0.29, 0.717) is 5.92 Å². The van der Waals surface area contributed by atoms with Crippen molar-refractivity contribution in [3.63, 3.8) is 0 Å². The van der Waals surface area contributed by atoms with Gasteiger partial charge in [0.25, 0.3) is 0 Å². The molecular formula is C17H25N5O. The number of fused-ring (bicyclic) bond motifs is 1. The number of aromatic nitrogens is 4. The lowest BCUT2D eigenvalue weighted by Crippen LogP contribution is -2.35. The largest absolute Gasteiger partial charge is 0.380 e. The Kier molecular flexibility index (Phi) is 3.95. The summed E-state index contributed by atoms with van der Waals surface area (Å²) in [6, 6.07) is 0. The summed E-state index contributed by atoms with van der Waals surface area (Å²) in [5.41, 5.74) is 3.95. The highest BCUT2D eigenvalue weighted by molar-refractivity contribution is 5.26. The lowest BCUT2D eigenvalue weighted by Gasteiger charge is -2.32. The normalized spacial score (nSPS) is 21.6. The van der Waals surface area contributed by atoms with Gasteiger partial charge in [-0.2, -0.15) is 10.2 Å². The van der Waals surface area contributed by atoms with Gasteiger partial charge >= 0.3 is 0 Å². The van der Waals surface area contributed by atoms with E-state index in [-0.39, 0.29) is 0 Å². The highest BCUT2D eigenvalue weighted by Crippen LogP contribution is 2.32. The summed E-state index contributed by atoms with van der Waals surface area (Å²) >= 11 is 0. The molecule has 0 amide bonds. The van der Waals surface area contributed by atoms with Crippen LogP contribution in [0.3, 0.4) is 0 Å². The van der Waals surface area contributed by atoms with Crippen LogP contribution in [0.25, 0.3) is 0 Å². The van der Waals surface area contributed by atoms with Crippen LogP contribution < -0.4 is 0 Å². The summed E-state index contributed by atoms with van der Waals surface area (Å²) in [7, 11) is 4.00. The molecule has 2 aromatic heterocycles. The van der Waals surface area contributed by atoms with Crippen LogP contribution in [-0.4, -0.2) is 44.2 Å². The summed E-state index contributed by atoms with van der Waals surface area (Å²) in [5, 5.41) is 8.74. The van der Waals surface area contributed by atoms with Crippen LogP contribution in [0.2, 0.25) is 0 Å². The van der Waals surface area contributed by atoms with Crippen LogP contribution in [-0.2, 0) is 31.9 Å². The van der Waals surface area contributed by atoms with Crippen LogP contribution >= 0.6 is 0 Å². The third-order valence-corrected chi connectivity index (χ3v) is 4.92. The van der Waals surface area contributed by atoms with Crippen molar-refractivity contribution in [1.82, 2.24) is 24.5 Å². The molecule has 0 saturated heterocycles. The summed E-state index contributed by atoms with van der Waals surface area (Å²) in [6.07, 6.45) is 8.77. The van der Waals surface area contributed by atoms with Crippen LogP contribution in [0.1, 0.15) is 35.6 Å². The Morgan fingerprint density at radius 3 is 2.78 bits per heavy atom. The van der Waals surface area contributed by atoms with E-state index < -0.39 is 0 Å². The van der Waals surface area contributed by atoms with Crippen molar-refractivity contribution >= 4 is 0 Å². The fourth-order valence-corrected chi connectivity index (χ4v) is 3.44. The summed E-state index contributed by atoms with van der Waals surface area (Å²) < 4.78 is 9.86. The highest BCUT2D eigenvalue weighted by Gasteiger charge is 2.29. The highest BCUT2D eigenvalue weighted by atomic mass is 16.5. The quantitative estimate of drug-likeness (QED) is 0.814. The van der Waals surface area contributed by atoms with E-state index in [1.807, 2.05) is 35.9 Å². The molecular weight excluding hydrogens is 290 g/mol. The Morgan fingerprint density at radius 1 is 1.17 bits per heavy atom. The van der Waals surface area contributed by atoms with Crippen LogP contribution in [0, 0.1) is 5.92 Å². The van der Waals surface area contributed by atoms with Gasteiger partial charge in [0.1, 0.15) is 0 Å². The fraction of sp³-hybridized carbons (Fsp3) is 0.647. The molecule has 0 radical (unpaired) electrons. The molecule has 3 heterocycles. The van der Waals surface area contributed by atoms with Gasteiger partial charge in [0, 0.05) is 63.6 Å². The summed E-state index contributed by atoms with van der Waals surface area (Å²) in [5.74, 6) is 1.24. The Hall–Kier alpha value is -1.66. The van der Waals surface area contributed by atoms with Crippen LogP contribution in [0.5, 0.6) is 0 Å². The second-order valence-corrected chi connectivity index (χ2v) is 7.04. The molecule has 23 heavy (non-hydrogen) atoms. The Labute approximate surface area is 137 Å². The van der Waals surface area contributed by atoms with Crippen molar-refractivity contribution in [1.29, 1.82) is 0 Å². The van der Waals surface area contributed by atoms with Crippen molar-refractivity contribution in [3.05, 3.63) is 35.4 Å². The molecule has 6 nitrogen and oxygen atoms in total. The van der Waals surface area contributed by atoms with Crippen molar-refractivity contribution in [3.8, 4) is 0 Å². The predicted octanol–water partition coefficient (Wildman–Crippen LogP) is 1.68. The first-order valence-corrected chi connectivity index (χ1v) is 8.47. The maximum absolute atomic E-state index is 5.99. The van der Waals surface area contributed by atoms with E-state index >= 15 is 0 Å². The van der Waals surface area contributed by atoms with Gasteiger partial charge in [-0.15, -0.1) is 0 Å². The van der Waals surface area contributed by atoms with Crippen molar-refractivity contribution < 1.29 is 4.74 Å². The number of hydrogen-bond donors (Lipinski definition) is 0. The van der Waals surface area contributed by atoms with E-state index in [1.165, 1.54) is 29.7 Å². The monoisotopic (exact) mass is 315 g/mol. The molecule has 4 rings (SSSR count). The van der Waals surface area contributed by atoms with Gasteiger partial charge < -0.3 is 4.74 Å². The zero-order valence-electron chi connectivity index (χ0n) is 14.0. The van der Waals surface area contributed by atoms with Crippen molar-refractivity contribution in [2.45, 2.75) is 31.8 Å². The average Bonchev–Trinajstić information content (AvgIpc) is 3.15. The van der Waals surface area contributed by atoms with Crippen molar-refractivity contribution in [2.75, 3.05) is 19.8 Å². The van der Waals surface area contributed by atoms with Gasteiger partial charge in [-0.3, -0.25) is 14.3 Å². The van der Waals surface area contributed by atoms with Gasteiger partial charge in [-0.05, 0) is 18.8 Å². The minimum absolute atomic E-state index is 0.419. The van der Waals surface area contributed by atoms with E-state index in [0.717, 1.165) is 38.8 Å². The van der Waals surface area contributed by atoms with Gasteiger partial charge in [0.15, 0.2) is 0 Å². The first-order chi connectivity index (χ1) is 11.2. The van der Waals surface area contributed by atoms with Gasteiger partial charge in [0.2, 0.25) is 0 Å². The summed E-state index contributed by atoms with van der Waals surface area (Å²) in [4.78, 5) is 2.48. The maximum Gasteiger partial charge on any atom is 0.0557 e. The smallest absolute Gasteiger partial charge is 0.0557 e. The molecule has 0 N–H and O–H groups in total. The van der Waals surface area contributed by atoms with E-state index in [1.54, 1.807) is 0 Å². The molecule has 0 bridgehead atoms. The molecule has 1 aliphatic carbocycles. The van der Waals surface area contributed by atoms with Crippen LogP contribution in [0.15, 0.2) is 18.6 Å². The fourth-order valence-electron chi connectivity index (χ4n) is 3.44. The van der Waals surface area contributed by atoms with Crippen LogP contribution in [0.4, 0.5) is 0 Å². The number of nitrogens with zero attached hydrogens (tertiary/aromatic N) is 5. The first-order valence-electron chi connectivity index (χ1n) is 8.47. The molecule has 124 valence electrons. The minimum Gasteiger partial charge on any atom is -0.380 e. The Bertz CT molecular complexity index is 672. The zero-order chi connectivity index (χ0) is 15.8. The third-order valence-electron chi connectivity index (χ3n) is 4.92. The Balaban J connectivity index is 1.46. The molecule has 0 aromatic carbocycles. The molecule has 6 heteroatoms. The lowest BCUT2D eigenvalue weighted by atomic mass is 9.95. The van der Waals surface area contributed by atoms with Gasteiger partial charge in [0.05, 0.1) is 24.7 Å². The number of aryl methyl sites for hydroxylation is 2. The van der Waals surface area contributed by atoms with E-state index in [9.17, 15) is 0 Å². The average molecular weight is 315 g/mol.